The Morgan fingerprint density at radius 3 is 2.25 bits per heavy atom. The Bertz CT molecular complexity index is 1120. The maximum atomic E-state index is 13.0. The molecular formula is C22H21NO4S. The van der Waals surface area contributed by atoms with Crippen LogP contribution < -0.4 is 4.72 Å². The van der Waals surface area contributed by atoms with E-state index in [-0.39, 0.29) is 10.5 Å². The van der Waals surface area contributed by atoms with Crippen LogP contribution in [-0.2, 0) is 16.4 Å². The molecule has 0 aliphatic rings. The largest absolute Gasteiger partial charge is 0.478 e. The normalized spacial score (nSPS) is 11.2. The molecular weight excluding hydrogens is 374 g/mol. The van der Waals surface area contributed by atoms with Gasteiger partial charge in [0.25, 0.3) is 10.0 Å². The molecule has 5 nitrogen and oxygen atoms in total. The summed E-state index contributed by atoms with van der Waals surface area (Å²) < 4.78 is 28.6. The van der Waals surface area contributed by atoms with Crippen LogP contribution in [0.15, 0.2) is 71.6 Å². The lowest BCUT2D eigenvalue weighted by molar-refractivity contribution is 0.0696. The zero-order chi connectivity index (χ0) is 20.3. The molecule has 0 saturated carbocycles. The maximum absolute atomic E-state index is 13.0. The lowest BCUT2D eigenvalue weighted by Gasteiger charge is -2.15. The number of aryl methyl sites for hydroxylation is 2. The maximum Gasteiger partial charge on any atom is 0.335 e. The van der Waals surface area contributed by atoms with Crippen molar-refractivity contribution in [2.45, 2.75) is 25.2 Å². The number of hydrogen-bond donors (Lipinski definition) is 2. The zero-order valence-electron chi connectivity index (χ0n) is 15.6. The Labute approximate surface area is 164 Å². The second-order valence-corrected chi connectivity index (χ2v) is 8.31. The van der Waals surface area contributed by atoms with Crippen molar-refractivity contribution in [2.24, 2.45) is 0 Å². The van der Waals surface area contributed by atoms with E-state index < -0.39 is 16.0 Å². The fraction of sp³-hybridized carbons (Fsp3) is 0.136. The molecule has 0 aliphatic carbocycles. The van der Waals surface area contributed by atoms with Gasteiger partial charge in [0.2, 0.25) is 0 Å². The van der Waals surface area contributed by atoms with Gasteiger partial charge in [-0.05, 0) is 54.7 Å². The van der Waals surface area contributed by atoms with E-state index in [1.807, 2.05) is 42.5 Å². The Hall–Kier alpha value is -3.12. The van der Waals surface area contributed by atoms with Crippen LogP contribution in [0.4, 0.5) is 5.69 Å². The highest BCUT2D eigenvalue weighted by Gasteiger charge is 2.21. The minimum atomic E-state index is -3.94. The molecule has 0 fully saturated rings. The molecule has 3 aromatic carbocycles. The van der Waals surface area contributed by atoms with E-state index in [0.717, 1.165) is 11.1 Å². The van der Waals surface area contributed by atoms with Gasteiger partial charge in [-0.3, -0.25) is 4.72 Å². The van der Waals surface area contributed by atoms with Crippen molar-refractivity contribution in [3.63, 3.8) is 0 Å². The lowest BCUT2D eigenvalue weighted by Crippen LogP contribution is -2.17. The first-order valence-corrected chi connectivity index (χ1v) is 10.3. The van der Waals surface area contributed by atoms with E-state index in [2.05, 4.69) is 4.72 Å². The smallest absolute Gasteiger partial charge is 0.335 e. The molecule has 3 rings (SSSR count). The Morgan fingerprint density at radius 2 is 1.57 bits per heavy atom. The van der Waals surface area contributed by atoms with E-state index in [9.17, 15) is 18.3 Å². The van der Waals surface area contributed by atoms with Crippen molar-refractivity contribution in [3.05, 3.63) is 94.5 Å². The molecule has 0 saturated heterocycles. The van der Waals surface area contributed by atoms with Gasteiger partial charge in [-0.25, -0.2) is 13.2 Å². The van der Waals surface area contributed by atoms with Crippen molar-refractivity contribution < 1.29 is 18.3 Å². The van der Waals surface area contributed by atoms with Gasteiger partial charge < -0.3 is 5.11 Å². The third-order valence-electron chi connectivity index (χ3n) is 4.54. The second kappa shape index (κ2) is 7.86. The molecule has 0 aliphatic heterocycles. The number of carboxylic acids is 1. The summed E-state index contributed by atoms with van der Waals surface area (Å²) in [6.45, 7) is 3.30. The summed E-state index contributed by atoms with van der Waals surface area (Å²) >= 11 is 0. The van der Waals surface area contributed by atoms with Crippen LogP contribution in [0.1, 0.15) is 32.6 Å². The highest BCUT2D eigenvalue weighted by molar-refractivity contribution is 7.92. The first-order chi connectivity index (χ1) is 13.3. The number of para-hydroxylation sites is 1. The van der Waals surface area contributed by atoms with Crippen LogP contribution in [0, 0.1) is 13.8 Å². The summed E-state index contributed by atoms with van der Waals surface area (Å²) in [6, 6.07) is 19.8. The molecule has 0 heterocycles. The van der Waals surface area contributed by atoms with Crippen LogP contribution in [0.5, 0.6) is 0 Å². The van der Waals surface area contributed by atoms with Gasteiger partial charge in [-0.15, -0.1) is 0 Å². The number of rotatable bonds is 6. The SMILES string of the molecule is Cc1cc(C)c(S(=O)(=O)Nc2ccccc2Cc2ccccc2)cc1C(=O)O. The predicted molar refractivity (Wildman–Crippen MR) is 109 cm³/mol. The van der Waals surface area contributed by atoms with E-state index in [1.165, 1.54) is 6.07 Å². The Kier molecular flexibility index (Phi) is 5.51. The van der Waals surface area contributed by atoms with Gasteiger partial charge in [0.05, 0.1) is 16.1 Å². The van der Waals surface area contributed by atoms with Crippen LogP contribution >= 0.6 is 0 Å². The number of hydrogen-bond acceptors (Lipinski definition) is 3. The number of aromatic carboxylic acids is 1. The Balaban J connectivity index is 1.98. The second-order valence-electron chi connectivity index (χ2n) is 6.66. The number of nitrogens with one attached hydrogen (secondary N) is 1. The zero-order valence-corrected chi connectivity index (χ0v) is 16.5. The molecule has 0 radical (unpaired) electrons. The molecule has 144 valence electrons. The van der Waals surface area contributed by atoms with E-state index in [4.69, 9.17) is 0 Å². The number of benzene rings is 3. The standard InChI is InChI=1S/C22H21NO4S/c1-15-12-16(2)21(14-19(15)22(24)25)28(26,27)23-20-11-7-6-10-18(20)13-17-8-4-3-5-9-17/h3-12,14,23H,13H2,1-2H3,(H,24,25). The summed E-state index contributed by atoms with van der Waals surface area (Å²) in [5, 5.41) is 9.33. The molecule has 2 N–H and O–H groups in total. The van der Waals surface area contributed by atoms with Crippen LogP contribution in [-0.4, -0.2) is 19.5 Å². The van der Waals surface area contributed by atoms with Crippen LogP contribution in [0.2, 0.25) is 0 Å². The average molecular weight is 395 g/mol. The van der Waals surface area contributed by atoms with E-state index in [1.54, 1.807) is 32.0 Å². The molecule has 0 bridgehead atoms. The van der Waals surface area contributed by atoms with Gasteiger partial charge in [-0.2, -0.15) is 0 Å². The summed E-state index contributed by atoms with van der Waals surface area (Å²) in [5.41, 5.74) is 3.37. The molecule has 0 aromatic heterocycles. The van der Waals surface area contributed by atoms with Gasteiger partial charge in [0, 0.05) is 0 Å². The third-order valence-corrected chi connectivity index (χ3v) is 6.05. The fourth-order valence-corrected chi connectivity index (χ4v) is 4.50. The molecule has 3 aromatic rings. The van der Waals surface area contributed by atoms with Crippen LogP contribution in [0.25, 0.3) is 0 Å². The average Bonchev–Trinajstić information content (AvgIpc) is 2.63. The number of sulfonamides is 1. The topological polar surface area (TPSA) is 83.5 Å². The van der Waals surface area contributed by atoms with Gasteiger partial charge in [0.1, 0.15) is 0 Å². The number of carbonyl (C=O) groups is 1. The van der Waals surface area contributed by atoms with E-state index >= 15 is 0 Å². The van der Waals surface area contributed by atoms with Gasteiger partial charge >= 0.3 is 5.97 Å². The van der Waals surface area contributed by atoms with Crippen molar-refractivity contribution in [2.75, 3.05) is 4.72 Å². The monoisotopic (exact) mass is 395 g/mol. The minimum Gasteiger partial charge on any atom is -0.478 e. The first kappa shape index (κ1) is 19.6. The summed E-state index contributed by atoms with van der Waals surface area (Å²) in [4.78, 5) is 11.4. The summed E-state index contributed by atoms with van der Waals surface area (Å²) in [6.07, 6.45) is 0.576. The minimum absolute atomic E-state index is 0.0245. The van der Waals surface area contributed by atoms with Gasteiger partial charge in [0.15, 0.2) is 0 Å². The molecule has 0 unspecified atom stereocenters. The first-order valence-electron chi connectivity index (χ1n) is 8.77. The van der Waals surface area contributed by atoms with Crippen LogP contribution in [0.3, 0.4) is 0 Å². The van der Waals surface area contributed by atoms with Gasteiger partial charge in [-0.1, -0.05) is 54.6 Å². The fourth-order valence-electron chi connectivity index (χ4n) is 3.14. The molecule has 0 amide bonds. The summed E-state index contributed by atoms with van der Waals surface area (Å²) in [7, 11) is -3.94. The third kappa shape index (κ3) is 4.23. The lowest BCUT2D eigenvalue weighted by atomic mass is 10.0. The molecule has 28 heavy (non-hydrogen) atoms. The Morgan fingerprint density at radius 1 is 0.929 bits per heavy atom. The molecule has 0 spiro atoms. The van der Waals surface area contributed by atoms with E-state index in [0.29, 0.717) is 23.2 Å². The predicted octanol–water partition coefficient (Wildman–Crippen LogP) is 4.39. The van der Waals surface area contributed by atoms with Crippen molar-refractivity contribution in [1.29, 1.82) is 0 Å². The number of carboxylic acid groups (broad SMARTS) is 1. The quantitative estimate of drug-likeness (QED) is 0.648. The van der Waals surface area contributed by atoms with Crippen molar-refractivity contribution in [3.8, 4) is 0 Å². The highest BCUT2D eigenvalue weighted by Crippen LogP contribution is 2.26. The molecule has 0 atom stereocenters. The summed E-state index contributed by atoms with van der Waals surface area (Å²) in [5.74, 6) is -1.15. The highest BCUT2D eigenvalue weighted by atomic mass is 32.2. The number of anilines is 1. The molecule has 6 heteroatoms. The van der Waals surface area contributed by atoms with Crippen molar-refractivity contribution >= 4 is 21.7 Å². The van der Waals surface area contributed by atoms with Crippen molar-refractivity contribution in [1.82, 2.24) is 0 Å².